The van der Waals surface area contributed by atoms with Gasteiger partial charge in [0, 0.05) is 17.8 Å². The molecule has 0 heterocycles. The maximum Gasteiger partial charge on any atom is 0.411 e. The number of hydrogen-bond acceptors (Lipinski definition) is 3. The number of nitrogens with one attached hydrogen (secondary N) is 2. The largest absolute Gasteiger partial charge is 0.411 e. The standard InChI is InChI=1S/C19H28F3N3OS/c1-3-23-18(25-16-8-9-17(10-16)27-2)24-11-14-4-6-15(7-5-14)12-26-13-19(20,21)22/h4-7,16-17H,3,8-13H2,1-2H3,(H2,23,24,25). The van der Waals surface area contributed by atoms with Gasteiger partial charge in [0.25, 0.3) is 0 Å². The summed E-state index contributed by atoms with van der Waals surface area (Å²) in [6.45, 7) is 2.06. The molecule has 1 aliphatic rings. The molecular formula is C19H28F3N3OS. The molecule has 0 saturated heterocycles. The molecule has 0 aliphatic heterocycles. The fourth-order valence-corrected chi connectivity index (χ4v) is 3.79. The van der Waals surface area contributed by atoms with E-state index >= 15 is 0 Å². The third-order valence-corrected chi connectivity index (χ3v) is 5.47. The second kappa shape index (κ2) is 10.8. The summed E-state index contributed by atoms with van der Waals surface area (Å²) in [4.78, 5) is 4.63. The third kappa shape index (κ3) is 8.43. The highest BCUT2D eigenvalue weighted by atomic mass is 32.2. The molecule has 4 nitrogen and oxygen atoms in total. The minimum absolute atomic E-state index is 0.0501. The molecule has 0 aromatic heterocycles. The minimum atomic E-state index is -4.29. The number of rotatable bonds is 8. The van der Waals surface area contributed by atoms with E-state index in [4.69, 9.17) is 0 Å². The van der Waals surface area contributed by atoms with Crippen LogP contribution in [0.25, 0.3) is 0 Å². The molecule has 1 aliphatic carbocycles. The van der Waals surface area contributed by atoms with Gasteiger partial charge in [-0.2, -0.15) is 24.9 Å². The monoisotopic (exact) mass is 403 g/mol. The highest BCUT2D eigenvalue weighted by Gasteiger charge is 2.27. The summed E-state index contributed by atoms with van der Waals surface area (Å²) in [5.41, 5.74) is 1.71. The maximum atomic E-state index is 12.1. The van der Waals surface area contributed by atoms with Crippen molar-refractivity contribution < 1.29 is 17.9 Å². The number of nitrogens with zero attached hydrogens (tertiary/aromatic N) is 1. The first-order valence-corrected chi connectivity index (χ1v) is 10.5. The van der Waals surface area contributed by atoms with E-state index in [1.54, 1.807) is 12.1 Å². The van der Waals surface area contributed by atoms with Crippen LogP contribution in [0.5, 0.6) is 0 Å². The van der Waals surface area contributed by atoms with Crippen LogP contribution in [0.2, 0.25) is 0 Å². The second-order valence-electron chi connectivity index (χ2n) is 6.63. The van der Waals surface area contributed by atoms with Crippen molar-refractivity contribution in [2.45, 2.75) is 56.8 Å². The van der Waals surface area contributed by atoms with Crippen molar-refractivity contribution in [3.8, 4) is 0 Å². The zero-order valence-electron chi connectivity index (χ0n) is 15.8. The first-order chi connectivity index (χ1) is 12.9. The van der Waals surface area contributed by atoms with Crippen LogP contribution in [0.15, 0.2) is 29.3 Å². The molecule has 2 rings (SSSR count). The highest BCUT2D eigenvalue weighted by Crippen LogP contribution is 2.28. The van der Waals surface area contributed by atoms with Crippen molar-refractivity contribution in [3.63, 3.8) is 0 Å². The number of hydrogen-bond donors (Lipinski definition) is 2. The lowest BCUT2D eigenvalue weighted by Crippen LogP contribution is -2.42. The molecule has 1 fully saturated rings. The van der Waals surface area contributed by atoms with Gasteiger partial charge in [0.1, 0.15) is 6.61 Å². The fourth-order valence-electron chi connectivity index (χ4n) is 2.99. The van der Waals surface area contributed by atoms with Crippen LogP contribution in [0, 0.1) is 0 Å². The summed E-state index contributed by atoms with van der Waals surface area (Å²) in [5.74, 6) is 0.807. The summed E-state index contributed by atoms with van der Waals surface area (Å²) in [7, 11) is 0. The van der Waals surface area contributed by atoms with Crippen LogP contribution < -0.4 is 10.6 Å². The Morgan fingerprint density at radius 2 is 1.93 bits per heavy atom. The molecule has 0 bridgehead atoms. The molecule has 0 spiro atoms. The van der Waals surface area contributed by atoms with Gasteiger partial charge in [-0.15, -0.1) is 0 Å². The summed E-state index contributed by atoms with van der Waals surface area (Å²) in [6, 6.07) is 7.76. The van der Waals surface area contributed by atoms with E-state index in [-0.39, 0.29) is 6.61 Å². The van der Waals surface area contributed by atoms with Crippen LogP contribution in [0.4, 0.5) is 13.2 Å². The maximum absolute atomic E-state index is 12.1. The van der Waals surface area contributed by atoms with E-state index in [2.05, 4.69) is 26.6 Å². The summed E-state index contributed by atoms with van der Waals surface area (Å²) in [5, 5.41) is 7.50. The van der Waals surface area contributed by atoms with E-state index in [0.717, 1.165) is 36.2 Å². The first kappa shape index (κ1) is 21.9. The zero-order valence-corrected chi connectivity index (χ0v) is 16.6. The van der Waals surface area contributed by atoms with Gasteiger partial charge in [0.15, 0.2) is 5.96 Å². The molecule has 1 saturated carbocycles. The minimum Gasteiger partial charge on any atom is -0.367 e. The molecule has 152 valence electrons. The summed E-state index contributed by atoms with van der Waals surface area (Å²) in [6.07, 6.45) is 1.40. The molecule has 1 aromatic carbocycles. The number of benzene rings is 1. The van der Waals surface area contributed by atoms with Crippen molar-refractivity contribution in [2.75, 3.05) is 19.4 Å². The van der Waals surface area contributed by atoms with Crippen LogP contribution in [0.3, 0.4) is 0 Å². The van der Waals surface area contributed by atoms with E-state index in [1.807, 2.05) is 30.8 Å². The second-order valence-corrected chi connectivity index (χ2v) is 7.77. The van der Waals surface area contributed by atoms with Crippen LogP contribution in [-0.4, -0.2) is 42.8 Å². The summed E-state index contributed by atoms with van der Waals surface area (Å²) >= 11 is 1.92. The topological polar surface area (TPSA) is 45.7 Å². The molecular weight excluding hydrogens is 375 g/mol. The Hall–Kier alpha value is -1.41. The van der Waals surface area contributed by atoms with Crippen LogP contribution >= 0.6 is 11.8 Å². The van der Waals surface area contributed by atoms with Crippen molar-refractivity contribution >= 4 is 17.7 Å². The average Bonchev–Trinajstić information content (AvgIpc) is 3.07. The Balaban J connectivity index is 1.84. The van der Waals surface area contributed by atoms with Gasteiger partial charge in [-0.25, -0.2) is 4.99 Å². The quantitative estimate of drug-likeness (QED) is 0.507. The number of alkyl halides is 3. The normalized spacial score (nSPS) is 20.7. The molecule has 2 N–H and O–H groups in total. The van der Waals surface area contributed by atoms with Crippen LogP contribution in [0.1, 0.15) is 37.3 Å². The molecule has 0 radical (unpaired) electrons. The lowest BCUT2D eigenvalue weighted by molar-refractivity contribution is -0.176. The lowest BCUT2D eigenvalue weighted by Gasteiger charge is -2.17. The van der Waals surface area contributed by atoms with Crippen molar-refractivity contribution in [1.82, 2.24) is 10.6 Å². The van der Waals surface area contributed by atoms with Gasteiger partial charge in [-0.1, -0.05) is 24.3 Å². The first-order valence-electron chi connectivity index (χ1n) is 9.19. The highest BCUT2D eigenvalue weighted by molar-refractivity contribution is 7.99. The Bertz CT molecular complexity index is 593. The van der Waals surface area contributed by atoms with E-state index in [0.29, 0.717) is 18.2 Å². The van der Waals surface area contributed by atoms with Gasteiger partial charge < -0.3 is 15.4 Å². The Morgan fingerprint density at radius 1 is 1.22 bits per heavy atom. The smallest absolute Gasteiger partial charge is 0.367 e. The average molecular weight is 404 g/mol. The lowest BCUT2D eigenvalue weighted by atomic mass is 10.1. The van der Waals surface area contributed by atoms with Crippen molar-refractivity contribution in [3.05, 3.63) is 35.4 Å². The molecule has 2 unspecified atom stereocenters. The Morgan fingerprint density at radius 3 is 2.52 bits per heavy atom. The number of guanidine groups is 1. The molecule has 0 amide bonds. The SMILES string of the molecule is CCNC(=NCc1ccc(COCC(F)(F)F)cc1)NC1CCC(SC)C1. The van der Waals surface area contributed by atoms with Gasteiger partial charge in [-0.05, 0) is 43.6 Å². The van der Waals surface area contributed by atoms with Gasteiger partial charge >= 0.3 is 6.18 Å². The van der Waals surface area contributed by atoms with Crippen molar-refractivity contribution in [1.29, 1.82) is 0 Å². The van der Waals surface area contributed by atoms with E-state index < -0.39 is 12.8 Å². The van der Waals surface area contributed by atoms with Crippen molar-refractivity contribution in [2.24, 2.45) is 4.99 Å². The Kier molecular flexibility index (Phi) is 8.76. The predicted octanol–water partition coefficient (Wildman–Crippen LogP) is 4.10. The van der Waals surface area contributed by atoms with Gasteiger partial charge in [-0.3, -0.25) is 0 Å². The number of halogens is 3. The molecule has 1 aromatic rings. The number of ether oxygens (including phenoxy) is 1. The van der Waals surface area contributed by atoms with Gasteiger partial charge in [0.2, 0.25) is 0 Å². The fraction of sp³-hybridized carbons (Fsp3) is 0.632. The molecule has 8 heteroatoms. The number of aliphatic imine (C=N–C) groups is 1. The van der Waals surface area contributed by atoms with Gasteiger partial charge in [0.05, 0.1) is 13.2 Å². The molecule has 27 heavy (non-hydrogen) atoms. The Labute approximate surface area is 163 Å². The number of thioether (sulfide) groups is 1. The summed E-state index contributed by atoms with van der Waals surface area (Å²) < 4.78 is 41.0. The van der Waals surface area contributed by atoms with E-state index in [1.165, 1.54) is 6.42 Å². The van der Waals surface area contributed by atoms with Crippen LogP contribution in [-0.2, 0) is 17.9 Å². The van der Waals surface area contributed by atoms with E-state index in [9.17, 15) is 13.2 Å². The molecule has 2 atom stereocenters. The zero-order chi connectivity index (χ0) is 19.7. The predicted molar refractivity (Wildman–Crippen MR) is 105 cm³/mol. The third-order valence-electron chi connectivity index (χ3n) is 4.38.